The second-order valence-corrected chi connectivity index (χ2v) is 7.44. The summed E-state index contributed by atoms with van der Waals surface area (Å²) in [4.78, 5) is 12.7. The summed E-state index contributed by atoms with van der Waals surface area (Å²) >= 11 is 6.06. The highest BCUT2D eigenvalue weighted by Gasteiger charge is 2.22. The number of fused-ring (bicyclic) bond motifs is 1. The Morgan fingerprint density at radius 2 is 1.96 bits per heavy atom. The lowest BCUT2D eigenvalue weighted by Gasteiger charge is -2.21. The average Bonchev–Trinajstić information content (AvgIpc) is 3.10. The largest absolute Gasteiger partial charge is 0.481 e. The second kappa shape index (κ2) is 8.13. The van der Waals surface area contributed by atoms with Gasteiger partial charge in [0.1, 0.15) is 5.75 Å². The zero-order valence-corrected chi connectivity index (χ0v) is 16.4. The number of hydrogen-bond donors (Lipinski definition) is 1. The van der Waals surface area contributed by atoms with E-state index in [-0.39, 0.29) is 11.9 Å². The molecule has 0 radical (unpaired) electrons. The molecule has 2 atom stereocenters. The Kier molecular flexibility index (Phi) is 5.87. The zero-order valence-electron chi connectivity index (χ0n) is 15.6. The number of nitrogens with one attached hydrogen (secondary N) is 1. The molecule has 1 aliphatic rings. The number of amides is 1. The fourth-order valence-electron chi connectivity index (χ4n) is 3.43. The molecule has 1 N–H and O–H groups in total. The molecule has 0 saturated carbocycles. The third kappa shape index (κ3) is 4.21. The summed E-state index contributed by atoms with van der Waals surface area (Å²) in [6, 6.07) is 12.0. The highest BCUT2D eigenvalue weighted by Crippen LogP contribution is 2.26. The van der Waals surface area contributed by atoms with Gasteiger partial charge in [0.25, 0.3) is 5.91 Å². The molecule has 4 heteroatoms. The van der Waals surface area contributed by atoms with Gasteiger partial charge in [-0.2, -0.15) is 0 Å². The molecule has 0 aliphatic heterocycles. The Morgan fingerprint density at radius 3 is 2.69 bits per heavy atom. The highest BCUT2D eigenvalue weighted by atomic mass is 35.5. The predicted octanol–water partition coefficient (Wildman–Crippen LogP) is 5.17. The zero-order chi connectivity index (χ0) is 18.7. The molecule has 0 spiro atoms. The molecule has 26 heavy (non-hydrogen) atoms. The standard InChI is InChI=1S/C22H26ClNO2/c1-4-21(26-19-10-11-20(23)14(2)12-19)22(25)24-15(3)17-9-8-16-6-5-7-18(16)13-17/h8-13,15,21H,4-7H2,1-3H3,(H,24,25)/t15-,21-/m0/s1. The first kappa shape index (κ1) is 18.8. The monoisotopic (exact) mass is 371 g/mol. The first-order valence-electron chi connectivity index (χ1n) is 9.32. The van der Waals surface area contributed by atoms with Crippen LogP contribution in [0.5, 0.6) is 5.75 Å². The summed E-state index contributed by atoms with van der Waals surface area (Å²) in [6.07, 6.45) is 3.62. The van der Waals surface area contributed by atoms with E-state index in [0.717, 1.165) is 17.5 Å². The Morgan fingerprint density at radius 1 is 1.19 bits per heavy atom. The Balaban J connectivity index is 1.65. The summed E-state index contributed by atoms with van der Waals surface area (Å²) in [5, 5.41) is 3.79. The summed E-state index contributed by atoms with van der Waals surface area (Å²) in [6.45, 7) is 5.90. The van der Waals surface area contributed by atoms with Crippen LogP contribution >= 0.6 is 11.6 Å². The quantitative estimate of drug-likeness (QED) is 0.760. The number of benzene rings is 2. The smallest absolute Gasteiger partial charge is 0.261 e. The van der Waals surface area contributed by atoms with E-state index in [2.05, 4.69) is 23.5 Å². The van der Waals surface area contributed by atoms with Gasteiger partial charge in [-0.05, 0) is 80.0 Å². The first-order valence-corrected chi connectivity index (χ1v) is 9.70. The number of ether oxygens (including phenoxy) is 1. The molecular formula is C22H26ClNO2. The van der Waals surface area contributed by atoms with Crippen LogP contribution in [0, 0.1) is 6.92 Å². The molecule has 1 amide bonds. The van der Waals surface area contributed by atoms with Gasteiger partial charge in [-0.1, -0.05) is 36.7 Å². The van der Waals surface area contributed by atoms with Crippen LogP contribution in [0.3, 0.4) is 0 Å². The van der Waals surface area contributed by atoms with Gasteiger partial charge >= 0.3 is 0 Å². The van der Waals surface area contributed by atoms with Gasteiger partial charge in [0.05, 0.1) is 6.04 Å². The third-order valence-electron chi connectivity index (χ3n) is 5.05. The molecule has 0 heterocycles. The predicted molar refractivity (Wildman–Crippen MR) is 106 cm³/mol. The fourth-order valence-corrected chi connectivity index (χ4v) is 3.55. The lowest BCUT2D eigenvalue weighted by atomic mass is 10.0. The van der Waals surface area contributed by atoms with Gasteiger partial charge in [-0.15, -0.1) is 0 Å². The molecular weight excluding hydrogens is 346 g/mol. The molecule has 138 valence electrons. The third-order valence-corrected chi connectivity index (χ3v) is 5.48. The maximum atomic E-state index is 12.7. The molecule has 0 bridgehead atoms. The molecule has 0 unspecified atom stereocenters. The van der Waals surface area contributed by atoms with E-state index >= 15 is 0 Å². The molecule has 1 aliphatic carbocycles. The van der Waals surface area contributed by atoms with Gasteiger partial charge < -0.3 is 10.1 Å². The number of hydrogen-bond acceptors (Lipinski definition) is 2. The average molecular weight is 372 g/mol. The van der Waals surface area contributed by atoms with Gasteiger partial charge in [0.2, 0.25) is 0 Å². The molecule has 0 fully saturated rings. The van der Waals surface area contributed by atoms with Crippen molar-refractivity contribution < 1.29 is 9.53 Å². The van der Waals surface area contributed by atoms with E-state index in [9.17, 15) is 4.79 Å². The summed E-state index contributed by atoms with van der Waals surface area (Å²) in [7, 11) is 0. The second-order valence-electron chi connectivity index (χ2n) is 7.04. The molecule has 0 aromatic heterocycles. The minimum Gasteiger partial charge on any atom is -0.481 e. The van der Waals surface area contributed by atoms with Crippen molar-refractivity contribution in [3.05, 3.63) is 63.7 Å². The summed E-state index contributed by atoms with van der Waals surface area (Å²) in [5.74, 6) is 0.576. The van der Waals surface area contributed by atoms with Gasteiger partial charge in [0, 0.05) is 5.02 Å². The van der Waals surface area contributed by atoms with Crippen LogP contribution in [-0.4, -0.2) is 12.0 Å². The van der Waals surface area contributed by atoms with Crippen LogP contribution in [0.2, 0.25) is 5.02 Å². The van der Waals surface area contributed by atoms with Crippen LogP contribution in [0.15, 0.2) is 36.4 Å². The Hall–Kier alpha value is -2.00. The highest BCUT2D eigenvalue weighted by molar-refractivity contribution is 6.31. The van der Waals surface area contributed by atoms with E-state index in [1.807, 2.05) is 26.8 Å². The maximum Gasteiger partial charge on any atom is 0.261 e. The normalized spacial score (nSPS) is 15.2. The van der Waals surface area contributed by atoms with E-state index in [1.165, 1.54) is 24.0 Å². The van der Waals surface area contributed by atoms with Gasteiger partial charge in [0.15, 0.2) is 6.10 Å². The maximum absolute atomic E-state index is 12.7. The lowest BCUT2D eigenvalue weighted by molar-refractivity contribution is -0.128. The molecule has 2 aromatic rings. The van der Waals surface area contributed by atoms with Gasteiger partial charge in [-0.3, -0.25) is 4.79 Å². The first-order chi connectivity index (χ1) is 12.5. The van der Waals surface area contributed by atoms with E-state index < -0.39 is 6.10 Å². The van der Waals surface area contributed by atoms with Crippen LogP contribution in [0.1, 0.15) is 55.0 Å². The number of carbonyl (C=O) groups excluding carboxylic acids is 1. The number of halogens is 1. The SMILES string of the molecule is CC[C@H](Oc1ccc(Cl)c(C)c1)C(=O)N[C@@H](C)c1ccc2c(c1)CCC2. The minimum atomic E-state index is -0.521. The van der Waals surface area contributed by atoms with Gasteiger partial charge in [-0.25, -0.2) is 0 Å². The van der Waals surface area contributed by atoms with Crippen molar-refractivity contribution >= 4 is 17.5 Å². The van der Waals surface area contributed by atoms with Crippen molar-refractivity contribution in [1.29, 1.82) is 0 Å². The van der Waals surface area contributed by atoms with Crippen LogP contribution < -0.4 is 10.1 Å². The number of aryl methyl sites for hydroxylation is 3. The van der Waals surface area contributed by atoms with Crippen LogP contribution in [0.4, 0.5) is 0 Å². The van der Waals surface area contributed by atoms with Crippen molar-refractivity contribution in [3.63, 3.8) is 0 Å². The summed E-state index contributed by atoms with van der Waals surface area (Å²) < 4.78 is 5.90. The lowest BCUT2D eigenvalue weighted by Crippen LogP contribution is -2.39. The Labute approximate surface area is 160 Å². The van der Waals surface area contributed by atoms with E-state index in [4.69, 9.17) is 16.3 Å². The van der Waals surface area contributed by atoms with Crippen molar-refractivity contribution in [2.24, 2.45) is 0 Å². The number of rotatable bonds is 6. The molecule has 3 nitrogen and oxygen atoms in total. The van der Waals surface area contributed by atoms with Crippen molar-refractivity contribution in [3.8, 4) is 5.75 Å². The topological polar surface area (TPSA) is 38.3 Å². The molecule has 3 rings (SSSR count). The minimum absolute atomic E-state index is 0.0435. The Bertz CT molecular complexity index is 803. The molecule has 0 saturated heterocycles. The van der Waals surface area contributed by atoms with Crippen LogP contribution in [-0.2, 0) is 17.6 Å². The fraction of sp³-hybridized carbons (Fsp3) is 0.409. The van der Waals surface area contributed by atoms with Crippen molar-refractivity contribution in [2.45, 2.75) is 58.6 Å². The van der Waals surface area contributed by atoms with Crippen molar-refractivity contribution in [1.82, 2.24) is 5.32 Å². The van der Waals surface area contributed by atoms with E-state index in [1.54, 1.807) is 12.1 Å². The molecule has 2 aromatic carbocycles. The van der Waals surface area contributed by atoms with Crippen molar-refractivity contribution in [2.75, 3.05) is 0 Å². The summed E-state index contributed by atoms with van der Waals surface area (Å²) in [5.41, 5.74) is 4.95. The number of carbonyl (C=O) groups is 1. The van der Waals surface area contributed by atoms with E-state index in [0.29, 0.717) is 17.2 Å². The van der Waals surface area contributed by atoms with Crippen LogP contribution in [0.25, 0.3) is 0 Å².